The fourth-order valence-electron chi connectivity index (χ4n) is 1.17. The van der Waals surface area contributed by atoms with E-state index in [4.69, 9.17) is 9.47 Å². The molecular formula is C13H16O4. The van der Waals surface area contributed by atoms with Crippen LogP contribution in [0.5, 0.6) is 11.5 Å². The van der Waals surface area contributed by atoms with Crippen LogP contribution in [0.1, 0.15) is 24.2 Å². The van der Waals surface area contributed by atoms with Crippen molar-refractivity contribution in [2.24, 2.45) is 0 Å². The molecule has 4 heteroatoms. The third kappa shape index (κ3) is 3.83. The van der Waals surface area contributed by atoms with Crippen molar-refractivity contribution >= 4 is 5.97 Å². The number of methoxy groups -OCH3 is 1. The van der Waals surface area contributed by atoms with Gasteiger partial charge in [0.2, 0.25) is 0 Å². The van der Waals surface area contributed by atoms with E-state index in [0.29, 0.717) is 5.75 Å². The Morgan fingerprint density at radius 3 is 2.65 bits per heavy atom. The third-order valence-electron chi connectivity index (χ3n) is 2.13. The summed E-state index contributed by atoms with van der Waals surface area (Å²) in [5.41, 5.74) is 1.20. The zero-order valence-electron chi connectivity index (χ0n) is 10.2. The molecule has 4 nitrogen and oxygen atoms in total. The number of benzene rings is 1. The van der Waals surface area contributed by atoms with Crippen LogP contribution < -0.4 is 4.74 Å². The summed E-state index contributed by atoms with van der Waals surface area (Å²) >= 11 is 0. The van der Waals surface area contributed by atoms with E-state index in [1.54, 1.807) is 12.1 Å². The van der Waals surface area contributed by atoms with E-state index in [2.05, 4.69) is 0 Å². The summed E-state index contributed by atoms with van der Waals surface area (Å²) in [4.78, 5) is 11.6. The van der Waals surface area contributed by atoms with E-state index < -0.39 is 5.97 Å². The van der Waals surface area contributed by atoms with Crippen molar-refractivity contribution in [2.75, 3.05) is 13.7 Å². The van der Waals surface area contributed by atoms with E-state index in [1.165, 1.54) is 19.2 Å². The minimum Gasteiger partial charge on any atom is -0.507 e. The summed E-state index contributed by atoms with van der Waals surface area (Å²) in [6, 6.07) is 4.44. The van der Waals surface area contributed by atoms with Crippen LogP contribution in [0.2, 0.25) is 0 Å². The summed E-state index contributed by atoms with van der Waals surface area (Å²) in [5.74, 6) is -0.211. The Labute approximate surface area is 100 Å². The van der Waals surface area contributed by atoms with Crippen molar-refractivity contribution < 1.29 is 19.4 Å². The first kappa shape index (κ1) is 13.1. The Morgan fingerprint density at radius 1 is 1.41 bits per heavy atom. The Kier molecular flexibility index (Phi) is 4.57. The minimum atomic E-state index is -0.553. The average Bonchev–Trinajstić information content (AvgIpc) is 2.28. The van der Waals surface area contributed by atoms with Crippen molar-refractivity contribution in [3.63, 3.8) is 0 Å². The number of hydrogen-bond acceptors (Lipinski definition) is 4. The van der Waals surface area contributed by atoms with E-state index in [0.717, 1.165) is 5.57 Å². The fourth-order valence-corrected chi connectivity index (χ4v) is 1.17. The molecule has 0 atom stereocenters. The number of ether oxygens (including phenoxy) is 2. The molecule has 0 aromatic heterocycles. The van der Waals surface area contributed by atoms with Crippen LogP contribution in [0.15, 0.2) is 29.8 Å². The first-order valence-electron chi connectivity index (χ1n) is 5.22. The van der Waals surface area contributed by atoms with Gasteiger partial charge in [0.05, 0.1) is 7.11 Å². The molecule has 1 aromatic carbocycles. The van der Waals surface area contributed by atoms with Gasteiger partial charge in [0, 0.05) is 6.07 Å². The second-order valence-corrected chi connectivity index (χ2v) is 3.76. The standard InChI is InChI=1S/C13H16O4/c1-9(2)6-7-17-13(15)11-5-4-10(16-3)8-12(11)14/h4-6,8,14H,7H2,1-3H3. The topological polar surface area (TPSA) is 55.8 Å². The van der Waals surface area contributed by atoms with Crippen molar-refractivity contribution in [2.45, 2.75) is 13.8 Å². The van der Waals surface area contributed by atoms with Gasteiger partial charge in [-0.1, -0.05) is 5.57 Å². The average molecular weight is 236 g/mol. The van der Waals surface area contributed by atoms with E-state index in [1.807, 2.05) is 13.8 Å². The maximum Gasteiger partial charge on any atom is 0.342 e. The molecule has 17 heavy (non-hydrogen) atoms. The number of rotatable bonds is 4. The van der Waals surface area contributed by atoms with E-state index in [-0.39, 0.29) is 17.9 Å². The second-order valence-electron chi connectivity index (χ2n) is 3.76. The molecule has 1 rings (SSSR count). The van der Waals surface area contributed by atoms with Crippen LogP contribution in [0.3, 0.4) is 0 Å². The number of phenolic OH excluding ortho intramolecular Hbond substituents is 1. The highest BCUT2D eigenvalue weighted by Crippen LogP contribution is 2.23. The zero-order chi connectivity index (χ0) is 12.8. The second kappa shape index (κ2) is 5.94. The predicted molar refractivity (Wildman–Crippen MR) is 64.4 cm³/mol. The molecule has 0 amide bonds. The lowest BCUT2D eigenvalue weighted by Crippen LogP contribution is -2.05. The molecule has 0 bridgehead atoms. The van der Waals surface area contributed by atoms with Gasteiger partial charge in [-0.2, -0.15) is 0 Å². The van der Waals surface area contributed by atoms with Gasteiger partial charge < -0.3 is 14.6 Å². The maximum absolute atomic E-state index is 11.6. The lowest BCUT2D eigenvalue weighted by atomic mass is 10.2. The molecule has 0 radical (unpaired) electrons. The summed E-state index contributed by atoms with van der Waals surface area (Å²) in [7, 11) is 1.49. The predicted octanol–water partition coefficient (Wildman–Crippen LogP) is 2.52. The Hall–Kier alpha value is -1.97. The summed E-state index contributed by atoms with van der Waals surface area (Å²) in [6.07, 6.45) is 1.79. The van der Waals surface area contributed by atoms with Crippen molar-refractivity contribution in [1.29, 1.82) is 0 Å². The van der Waals surface area contributed by atoms with Gasteiger partial charge in [-0.25, -0.2) is 4.79 Å². The lowest BCUT2D eigenvalue weighted by Gasteiger charge is -2.06. The number of carbonyl (C=O) groups excluding carboxylic acids is 1. The Balaban J connectivity index is 2.72. The number of carbonyl (C=O) groups is 1. The SMILES string of the molecule is COc1ccc(C(=O)OCC=C(C)C)c(O)c1. The van der Waals surface area contributed by atoms with Crippen LogP contribution in [0.4, 0.5) is 0 Å². The number of esters is 1. The quantitative estimate of drug-likeness (QED) is 0.644. The van der Waals surface area contributed by atoms with Gasteiger partial charge in [-0.05, 0) is 32.1 Å². The number of aromatic hydroxyl groups is 1. The first-order chi connectivity index (χ1) is 8.04. The monoisotopic (exact) mass is 236 g/mol. The van der Waals surface area contributed by atoms with Crippen LogP contribution in [0.25, 0.3) is 0 Å². The molecule has 0 heterocycles. The molecule has 0 unspecified atom stereocenters. The molecule has 0 aliphatic heterocycles. The smallest absolute Gasteiger partial charge is 0.342 e. The lowest BCUT2D eigenvalue weighted by molar-refractivity contribution is 0.0545. The number of hydrogen-bond donors (Lipinski definition) is 1. The van der Waals surface area contributed by atoms with E-state index in [9.17, 15) is 9.90 Å². The highest BCUT2D eigenvalue weighted by atomic mass is 16.5. The van der Waals surface area contributed by atoms with Crippen molar-refractivity contribution in [3.8, 4) is 11.5 Å². The van der Waals surface area contributed by atoms with Crippen molar-refractivity contribution in [1.82, 2.24) is 0 Å². The molecule has 92 valence electrons. The largest absolute Gasteiger partial charge is 0.507 e. The van der Waals surface area contributed by atoms with Gasteiger partial charge in [0.1, 0.15) is 23.7 Å². The zero-order valence-corrected chi connectivity index (χ0v) is 10.2. The molecule has 1 aromatic rings. The van der Waals surface area contributed by atoms with Crippen LogP contribution in [-0.4, -0.2) is 24.8 Å². The molecule has 0 saturated carbocycles. The van der Waals surface area contributed by atoms with Crippen LogP contribution >= 0.6 is 0 Å². The molecule has 1 N–H and O–H groups in total. The highest BCUT2D eigenvalue weighted by molar-refractivity contribution is 5.92. The molecule has 0 aliphatic rings. The molecule has 0 saturated heterocycles. The van der Waals surface area contributed by atoms with Gasteiger partial charge in [0.25, 0.3) is 0 Å². The van der Waals surface area contributed by atoms with Crippen LogP contribution in [0, 0.1) is 0 Å². The molecule has 0 aliphatic carbocycles. The highest BCUT2D eigenvalue weighted by Gasteiger charge is 2.12. The van der Waals surface area contributed by atoms with Gasteiger partial charge in [-0.15, -0.1) is 0 Å². The molecular weight excluding hydrogens is 220 g/mol. The molecule has 0 spiro atoms. The van der Waals surface area contributed by atoms with Gasteiger partial charge in [0.15, 0.2) is 0 Å². The number of phenols is 1. The summed E-state index contributed by atoms with van der Waals surface area (Å²) < 4.78 is 9.90. The normalized spacial score (nSPS) is 9.59. The first-order valence-corrected chi connectivity index (χ1v) is 5.22. The summed E-state index contributed by atoms with van der Waals surface area (Å²) in [5, 5.41) is 9.61. The van der Waals surface area contributed by atoms with Gasteiger partial charge >= 0.3 is 5.97 Å². The Morgan fingerprint density at radius 2 is 2.12 bits per heavy atom. The fraction of sp³-hybridized carbons (Fsp3) is 0.308. The van der Waals surface area contributed by atoms with E-state index >= 15 is 0 Å². The Bertz CT molecular complexity index is 431. The third-order valence-corrected chi connectivity index (χ3v) is 2.13. The minimum absolute atomic E-state index is 0.132. The van der Waals surface area contributed by atoms with Crippen LogP contribution in [-0.2, 0) is 4.74 Å². The maximum atomic E-state index is 11.6. The van der Waals surface area contributed by atoms with Crippen molar-refractivity contribution in [3.05, 3.63) is 35.4 Å². The summed E-state index contributed by atoms with van der Waals surface area (Å²) in [6.45, 7) is 4.03. The molecule has 0 fully saturated rings. The van der Waals surface area contributed by atoms with Gasteiger partial charge in [-0.3, -0.25) is 0 Å². The number of allylic oxidation sites excluding steroid dienone is 1.